The smallest absolute Gasteiger partial charge is 0.134 e. The van der Waals surface area contributed by atoms with E-state index in [0.717, 1.165) is 23.4 Å². The largest absolute Gasteiger partial charge is 0.495 e. The highest BCUT2D eigenvalue weighted by molar-refractivity contribution is 5.48. The van der Waals surface area contributed by atoms with Gasteiger partial charge in [-0.05, 0) is 31.7 Å². The maximum absolute atomic E-state index is 8.80. The highest BCUT2D eigenvalue weighted by Gasteiger charge is 2.10. The van der Waals surface area contributed by atoms with Gasteiger partial charge in [0.25, 0.3) is 0 Å². The molecule has 1 unspecified atom stereocenters. The Kier molecular flexibility index (Phi) is 7.10. The van der Waals surface area contributed by atoms with Gasteiger partial charge in [0.2, 0.25) is 0 Å². The van der Waals surface area contributed by atoms with Crippen LogP contribution in [-0.4, -0.2) is 50.5 Å². The van der Waals surface area contributed by atoms with Crippen molar-refractivity contribution in [3.05, 3.63) is 29.3 Å². The summed E-state index contributed by atoms with van der Waals surface area (Å²) >= 11 is 0. The Labute approximate surface area is 121 Å². The number of hydrogen-bond acceptors (Lipinski definition) is 4. The lowest BCUT2D eigenvalue weighted by molar-refractivity contribution is 0.112. The summed E-state index contributed by atoms with van der Waals surface area (Å²) in [7, 11) is 5.39. The number of aliphatic hydroxyl groups excluding tert-OH is 1. The molecule has 20 heavy (non-hydrogen) atoms. The second-order valence-electron chi connectivity index (χ2n) is 4.71. The maximum atomic E-state index is 8.80. The number of aliphatic hydroxyl groups is 1. The standard InChI is InChI=1S/C16H23NO3/c1-13(12-19-3)17(2)11-14-7-8-16(20-4)15(10-14)6-5-9-18/h7-8,10,13,18H,9,11-12H2,1-4H3. The molecule has 1 aromatic rings. The van der Waals surface area contributed by atoms with E-state index >= 15 is 0 Å². The van der Waals surface area contributed by atoms with Gasteiger partial charge in [-0.2, -0.15) is 0 Å². The molecule has 0 aliphatic heterocycles. The van der Waals surface area contributed by atoms with Crippen LogP contribution in [0.5, 0.6) is 5.75 Å². The average molecular weight is 277 g/mol. The second kappa shape index (κ2) is 8.60. The fraction of sp³-hybridized carbons (Fsp3) is 0.500. The van der Waals surface area contributed by atoms with Crippen molar-refractivity contribution in [1.29, 1.82) is 0 Å². The Bertz CT molecular complexity index is 476. The molecule has 0 bridgehead atoms. The third-order valence-electron chi connectivity index (χ3n) is 3.16. The molecule has 1 aromatic carbocycles. The average Bonchev–Trinajstić information content (AvgIpc) is 2.45. The molecule has 0 aromatic heterocycles. The minimum Gasteiger partial charge on any atom is -0.495 e. The first-order valence-electron chi connectivity index (χ1n) is 6.58. The van der Waals surface area contributed by atoms with Gasteiger partial charge >= 0.3 is 0 Å². The van der Waals surface area contributed by atoms with E-state index in [1.165, 1.54) is 0 Å². The van der Waals surface area contributed by atoms with E-state index in [9.17, 15) is 0 Å². The van der Waals surface area contributed by atoms with Gasteiger partial charge in [0.05, 0.1) is 19.3 Å². The van der Waals surface area contributed by atoms with Crippen LogP contribution in [0.2, 0.25) is 0 Å². The molecule has 1 atom stereocenters. The predicted octanol–water partition coefficient (Wildman–Crippen LogP) is 1.51. The summed E-state index contributed by atoms with van der Waals surface area (Å²) in [6.07, 6.45) is 0. The molecule has 1 rings (SSSR count). The molecule has 0 amide bonds. The summed E-state index contributed by atoms with van der Waals surface area (Å²) < 4.78 is 10.4. The molecule has 1 N–H and O–H groups in total. The molecular weight excluding hydrogens is 254 g/mol. The molecule has 4 heteroatoms. The van der Waals surface area contributed by atoms with Crippen molar-refractivity contribution in [1.82, 2.24) is 4.90 Å². The van der Waals surface area contributed by atoms with Crippen LogP contribution in [0.1, 0.15) is 18.1 Å². The molecule has 4 nitrogen and oxygen atoms in total. The first kappa shape index (κ1) is 16.5. The molecule has 0 spiro atoms. The van der Waals surface area contributed by atoms with Gasteiger partial charge < -0.3 is 14.6 Å². The van der Waals surface area contributed by atoms with Gasteiger partial charge in [-0.25, -0.2) is 0 Å². The van der Waals surface area contributed by atoms with Gasteiger partial charge in [-0.1, -0.05) is 17.9 Å². The summed E-state index contributed by atoms with van der Waals surface area (Å²) in [5.41, 5.74) is 1.95. The third-order valence-corrected chi connectivity index (χ3v) is 3.16. The quantitative estimate of drug-likeness (QED) is 0.800. The Morgan fingerprint density at radius 2 is 2.10 bits per heavy atom. The minimum absolute atomic E-state index is 0.155. The molecular formula is C16H23NO3. The van der Waals surface area contributed by atoms with Crippen molar-refractivity contribution in [2.24, 2.45) is 0 Å². The second-order valence-corrected chi connectivity index (χ2v) is 4.71. The first-order chi connectivity index (χ1) is 9.62. The van der Waals surface area contributed by atoms with Crippen molar-refractivity contribution in [3.63, 3.8) is 0 Å². The van der Waals surface area contributed by atoms with E-state index in [-0.39, 0.29) is 6.61 Å². The highest BCUT2D eigenvalue weighted by atomic mass is 16.5. The fourth-order valence-electron chi connectivity index (χ4n) is 1.90. The zero-order valence-electron chi connectivity index (χ0n) is 12.6. The van der Waals surface area contributed by atoms with E-state index in [4.69, 9.17) is 14.6 Å². The van der Waals surface area contributed by atoms with E-state index < -0.39 is 0 Å². The zero-order chi connectivity index (χ0) is 15.0. The number of hydrogen-bond donors (Lipinski definition) is 1. The van der Waals surface area contributed by atoms with Crippen molar-refractivity contribution < 1.29 is 14.6 Å². The molecule has 0 heterocycles. The van der Waals surface area contributed by atoms with E-state index in [1.54, 1.807) is 14.2 Å². The van der Waals surface area contributed by atoms with Crippen LogP contribution in [0.4, 0.5) is 0 Å². The Hall–Kier alpha value is -1.54. The Morgan fingerprint density at radius 1 is 1.35 bits per heavy atom. The Morgan fingerprint density at radius 3 is 2.70 bits per heavy atom. The molecule has 0 aliphatic carbocycles. The van der Waals surface area contributed by atoms with E-state index in [1.807, 2.05) is 18.2 Å². The fourth-order valence-corrected chi connectivity index (χ4v) is 1.90. The number of nitrogens with zero attached hydrogens (tertiary/aromatic N) is 1. The summed E-state index contributed by atoms with van der Waals surface area (Å²) in [5, 5.41) is 8.80. The monoisotopic (exact) mass is 277 g/mol. The highest BCUT2D eigenvalue weighted by Crippen LogP contribution is 2.20. The van der Waals surface area contributed by atoms with Gasteiger partial charge in [0, 0.05) is 19.7 Å². The molecule has 0 saturated carbocycles. The first-order valence-corrected chi connectivity index (χ1v) is 6.58. The van der Waals surface area contributed by atoms with E-state index in [2.05, 4.69) is 30.7 Å². The summed E-state index contributed by atoms with van der Waals surface area (Å²) in [6.45, 7) is 3.48. The maximum Gasteiger partial charge on any atom is 0.134 e. The van der Waals surface area contributed by atoms with Gasteiger partial charge in [-0.3, -0.25) is 4.90 Å². The number of likely N-dealkylation sites (N-methyl/N-ethyl adjacent to an activating group) is 1. The number of methoxy groups -OCH3 is 2. The number of rotatable bonds is 6. The predicted molar refractivity (Wildman–Crippen MR) is 79.8 cm³/mol. The van der Waals surface area contributed by atoms with Crippen LogP contribution in [0, 0.1) is 11.8 Å². The van der Waals surface area contributed by atoms with Crippen LogP contribution in [0.25, 0.3) is 0 Å². The summed E-state index contributed by atoms with van der Waals surface area (Å²) in [6, 6.07) is 6.27. The van der Waals surface area contributed by atoms with Crippen molar-refractivity contribution >= 4 is 0 Å². The number of benzene rings is 1. The van der Waals surface area contributed by atoms with Crippen LogP contribution in [-0.2, 0) is 11.3 Å². The molecule has 0 saturated heterocycles. The summed E-state index contributed by atoms with van der Waals surface area (Å²) in [4.78, 5) is 2.22. The lowest BCUT2D eigenvalue weighted by Gasteiger charge is -2.24. The minimum atomic E-state index is -0.155. The third kappa shape index (κ3) is 4.86. The molecule has 0 aliphatic rings. The summed E-state index contributed by atoms with van der Waals surface area (Å²) in [5.74, 6) is 6.29. The molecule has 0 fully saturated rings. The Balaban J connectivity index is 2.86. The normalized spacial score (nSPS) is 11.9. The van der Waals surface area contributed by atoms with Gasteiger partial charge in [0.1, 0.15) is 12.4 Å². The molecule has 110 valence electrons. The van der Waals surface area contributed by atoms with Crippen molar-refractivity contribution in [2.45, 2.75) is 19.5 Å². The number of ether oxygens (including phenoxy) is 2. The lowest BCUT2D eigenvalue weighted by Crippen LogP contribution is -2.32. The van der Waals surface area contributed by atoms with Crippen molar-refractivity contribution in [3.8, 4) is 17.6 Å². The topological polar surface area (TPSA) is 41.9 Å². The van der Waals surface area contributed by atoms with Crippen LogP contribution in [0.15, 0.2) is 18.2 Å². The van der Waals surface area contributed by atoms with Gasteiger partial charge in [-0.15, -0.1) is 0 Å². The van der Waals surface area contributed by atoms with Crippen molar-refractivity contribution in [2.75, 3.05) is 34.5 Å². The van der Waals surface area contributed by atoms with E-state index in [0.29, 0.717) is 12.6 Å². The zero-order valence-corrected chi connectivity index (χ0v) is 12.6. The SMILES string of the molecule is COCC(C)N(C)Cc1ccc(OC)c(C#CCO)c1. The van der Waals surface area contributed by atoms with Crippen LogP contribution in [0.3, 0.4) is 0 Å². The lowest BCUT2D eigenvalue weighted by atomic mass is 10.1. The van der Waals surface area contributed by atoms with Crippen LogP contribution >= 0.6 is 0 Å². The van der Waals surface area contributed by atoms with Gasteiger partial charge in [0.15, 0.2) is 0 Å². The molecule has 0 radical (unpaired) electrons. The van der Waals surface area contributed by atoms with Crippen LogP contribution < -0.4 is 4.74 Å².